The molecule has 8 heteroatoms. The Hall–Kier alpha value is -2.38. The van der Waals surface area contributed by atoms with Gasteiger partial charge in [-0.15, -0.1) is 0 Å². The average Bonchev–Trinajstić information content (AvgIpc) is 3.26. The van der Waals surface area contributed by atoms with Crippen LogP contribution in [0.25, 0.3) is 11.1 Å². The molecule has 3 aromatic rings. The molecule has 0 radical (unpaired) electrons. The van der Waals surface area contributed by atoms with Crippen LogP contribution in [0.4, 0.5) is 0 Å². The van der Waals surface area contributed by atoms with Crippen LogP contribution in [-0.2, 0) is 9.53 Å². The van der Waals surface area contributed by atoms with Crippen LogP contribution in [-0.4, -0.2) is 32.2 Å². The highest BCUT2D eigenvalue weighted by Crippen LogP contribution is 2.35. The summed E-state index contributed by atoms with van der Waals surface area (Å²) in [6.45, 7) is 5.37. The first kappa shape index (κ1) is 22.3. The topological polar surface area (TPSA) is 66.2 Å². The molecule has 0 saturated carbocycles. The standard InChI is InChI=1S/C22H23BrClN3O3/c1-15(28)29-20(22(2,3)12-23)21(27-14-25-13-26-27)30-19-10-6-17(7-11-19)16-4-8-18(24)9-5-16/h4-11,13-14,20-21H,12H2,1-3H3. The largest absolute Gasteiger partial charge is 0.465 e. The Labute approximate surface area is 189 Å². The molecule has 0 amide bonds. The second kappa shape index (κ2) is 9.62. The number of aromatic nitrogens is 3. The summed E-state index contributed by atoms with van der Waals surface area (Å²) < 4.78 is 13.5. The maximum absolute atomic E-state index is 11.8. The molecular formula is C22H23BrClN3O3. The maximum atomic E-state index is 11.8. The second-order valence-electron chi connectivity index (χ2n) is 7.57. The van der Waals surface area contributed by atoms with E-state index < -0.39 is 17.7 Å². The molecule has 0 fully saturated rings. The van der Waals surface area contributed by atoms with Crippen molar-refractivity contribution < 1.29 is 14.3 Å². The Balaban J connectivity index is 1.90. The van der Waals surface area contributed by atoms with Gasteiger partial charge in [-0.1, -0.05) is 65.6 Å². The van der Waals surface area contributed by atoms with Crippen molar-refractivity contribution in [3.63, 3.8) is 0 Å². The van der Waals surface area contributed by atoms with E-state index in [1.54, 1.807) is 11.0 Å². The number of halogens is 2. The number of esters is 1. The molecule has 0 saturated heterocycles. The third kappa shape index (κ3) is 5.40. The van der Waals surface area contributed by atoms with Gasteiger partial charge in [0.05, 0.1) is 0 Å². The lowest BCUT2D eigenvalue weighted by Gasteiger charge is -2.37. The quantitative estimate of drug-likeness (QED) is 0.306. The number of ether oxygens (including phenoxy) is 2. The van der Waals surface area contributed by atoms with Crippen LogP contribution in [0.15, 0.2) is 61.2 Å². The Morgan fingerprint density at radius 2 is 1.73 bits per heavy atom. The van der Waals surface area contributed by atoms with Crippen molar-refractivity contribution in [2.75, 3.05) is 5.33 Å². The molecule has 0 N–H and O–H groups in total. The predicted molar refractivity (Wildman–Crippen MR) is 120 cm³/mol. The van der Waals surface area contributed by atoms with Gasteiger partial charge in [0.15, 0.2) is 6.10 Å². The highest BCUT2D eigenvalue weighted by molar-refractivity contribution is 9.09. The van der Waals surface area contributed by atoms with E-state index in [1.807, 2.05) is 62.4 Å². The summed E-state index contributed by atoms with van der Waals surface area (Å²) in [6.07, 6.45) is 1.68. The monoisotopic (exact) mass is 491 g/mol. The molecule has 0 aliphatic rings. The maximum Gasteiger partial charge on any atom is 0.303 e. The number of benzene rings is 2. The van der Waals surface area contributed by atoms with Gasteiger partial charge >= 0.3 is 5.97 Å². The average molecular weight is 493 g/mol. The van der Waals surface area contributed by atoms with Gasteiger partial charge in [-0.3, -0.25) is 4.79 Å². The number of hydrogen-bond acceptors (Lipinski definition) is 5. The van der Waals surface area contributed by atoms with Crippen LogP contribution >= 0.6 is 27.5 Å². The van der Waals surface area contributed by atoms with E-state index in [1.165, 1.54) is 13.3 Å². The van der Waals surface area contributed by atoms with E-state index in [9.17, 15) is 4.79 Å². The number of nitrogens with zero attached hydrogens (tertiary/aromatic N) is 3. The van der Waals surface area contributed by atoms with Crippen molar-refractivity contribution in [3.05, 3.63) is 66.2 Å². The van der Waals surface area contributed by atoms with Gasteiger partial charge in [-0.2, -0.15) is 5.10 Å². The Kier molecular flexibility index (Phi) is 7.15. The van der Waals surface area contributed by atoms with E-state index in [-0.39, 0.29) is 5.97 Å². The van der Waals surface area contributed by atoms with Crippen molar-refractivity contribution in [2.24, 2.45) is 5.41 Å². The molecule has 2 unspecified atom stereocenters. The minimum atomic E-state index is -0.690. The van der Waals surface area contributed by atoms with E-state index in [0.29, 0.717) is 16.1 Å². The van der Waals surface area contributed by atoms with Gasteiger partial charge in [0.1, 0.15) is 18.4 Å². The Bertz CT molecular complexity index is 960. The van der Waals surface area contributed by atoms with E-state index in [0.717, 1.165) is 11.1 Å². The lowest BCUT2D eigenvalue weighted by molar-refractivity contribution is -0.165. The molecule has 0 bridgehead atoms. The Morgan fingerprint density at radius 3 is 2.23 bits per heavy atom. The minimum Gasteiger partial charge on any atom is -0.465 e. The number of carbonyl (C=O) groups excluding carboxylic acids is 1. The normalized spacial score (nSPS) is 13.5. The van der Waals surface area contributed by atoms with E-state index >= 15 is 0 Å². The van der Waals surface area contributed by atoms with Crippen molar-refractivity contribution in [3.8, 4) is 16.9 Å². The van der Waals surface area contributed by atoms with Crippen LogP contribution in [0.2, 0.25) is 5.02 Å². The van der Waals surface area contributed by atoms with Crippen molar-refractivity contribution in [2.45, 2.75) is 33.1 Å². The summed E-state index contributed by atoms with van der Waals surface area (Å²) in [4.78, 5) is 15.8. The van der Waals surface area contributed by atoms with Gasteiger partial charge in [0, 0.05) is 22.7 Å². The fourth-order valence-corrected chi connectivity index (χ4v) is 3.41. The summed E-state index contributed by atoms with van der Waals surface area (Å²) in [5, 5.41) is 5.52. The van der Waals surface area contributed by atoms with Crippen LogP contribution < -0.4 is 4.74 Å². The molecule has 6 nitrogen and oxygen atoms in total. The van der Waals surface area contributed by atoms with Crippen LogP contribution in [0.1, 0.15) is 27.0 Å². The zero-order valence-electron chi connectivity index (χ0n) is 17.0. The molecule has 3 rings (SSSR count). The van der Waals surface area contributed by atoms with E-state index in [2.05, 4.69) is 26.0 Å². The molecule has 30 heavy (non-hydrogen) atoms. The summed E-state index contributed by atoms with van der Waals surface area (Å²) in [6, 6.07) is 15.3. The van der Waals surface area contributed by atoms with Gasteiger partial charge in [0.2, 0.25) is 6.23 Å². The van der Waals surface area contributed by atoms with Gasteiger partial charge in [-0.25, -0.2) is 9.67 Å². The second-order valence-corrected chi connectivity index (χ2v) is 8.56. The van der Waals surface area contributed by atoms with Crippen LogP contribution in [0.3, 0.4) is 0 Å². The smallest absolute Gasteiger partial charge is 0.303 e. The highest BCUT2D eigenvalue weighted by Gasteiger charge is 2.41. The molecule has 0 spiro atoms. The van der Waals surface area contributed by atoms with Gasteiger partial charge < -0.3 is 9.47 Å². The first-order valence-corrected chi connectivity index (χ1v) is 10.9. The van der Waals surface area contributed by atoms with Gasteiger partial charge in [0.25, 0.3) is 0 Å². The molecule has 1 aromatic heterocycles. The number of rotatable bonds is 8. The van der Waals surface area contributed by atoms with Crippen LogP contribution in [0.5, 0.6) is 5.75 Å². The molecule has 1 heterocycles. The van der Waals surface area contributed by atoms with Crippen molar-refractivity contribution >= 4 is 33.5 Å². The molecule has 158 valence electrons. The lowest BCUT2D eigenvalue weighted by Crippen LogP contribution is -2.44. The molecular weight excluding hydrogens is 470 g/mol. The fourth-order valence-electron chi connectivity index (χ4n) is 2.97. The first-order chi connectivity index (χ1) is 14.3. The lowest BCUT2D eigenvalue weighted by atomic mass is 9.87. The van der Waals surface area contributed by atoms with Gasteiger partial charge in [-0.05, 0) is 35.4 Å². The number of carbonyl (C=O) groups is 1. The number of alkyl halides is 1. The predicted octanol–water partition coefficient (Wildman–Crippen LogP) is 5.53. The van der Waals surface area contributed by atoms with Crippen LogP contribution in [0, 0.1) is 5.41 Å². The first-order valence-electron chi connectivity index (χ1n) is 9.40. The van der Waals surface area contributed by atoms with Crippen molar-refractivity contribution in [1.29, 1.82) is 0 Å². The molecule has 2 aromatic carbocycles. The SMILES string of the molecule is CC(=O)OC(C(Oc1ccc(-c2ccc(Cl)cc2)cc1)n1cncn1)C(C)(C)CBr. The molecule has 0 aliphatic heterocycles. The summed E-state index contributed by atoms with van der Waals surface area (Å²) >= 11 is 9.49. The summed E-state index contributed by atoms with van der Waals surface area (Å²) in [5.41, 5.74) is 1.66. The summed E-state index contributed by atoms with van der Waals surface area (Å²) in [5.74, 6) is 0.233. The minimum absolute atomic E-state index is 0.388. The van der Waals surface area contributed by atoms with Crippen molar-refractivity contribution in [1.82, 2.24) is 14.8 Å². The molecule has 0 aliphatic carbocycles. The zero-order chi connectivity index (χ0) is 21.7. The van der Waals surface area contributed by atoms with E-state index in [4.69, 9.17) is 21.1 Å². The fraction of sp³-hybridized carbons (Fsp3) is 0.318. The number of hydrogen-bond donors (Lipinski definition) is 0. The summed E-state index contributed by atoms with van der Waals surface area (Å²) in [7, 11) is 0. The Morgan fingerprint density at radius 1 is 1.13 bits per heavy atom. The third-order valence-electron chi connectivity index (χ3n) is 4.65. The third-order valence-corrected chi connectivity index (χ3v) is 6.35. The highest BCUT2D eigenvalue weighted by atomic mass is 79.9. The molecule has 2 atom stereocenters. The zero-order valence-corrected chi connectivity index (χ0v) is 19.3.